The Hall–Kier alpha value is -4.43. The van der Waals surface area contributed by atoms with E-state index in [1.165, 1.54) is 17.8 Å². The second kappa shape index (κ2) is 9.67. The van der Waals surface area contributed by atoms with E-state index in [-0.39, 0.29) is 11.6 Å². The molecule has 1 aliphatic heterocycles. The zero-order valence-corrected chi connectivity index (χ0v) is 20.4. The maximum atomic E-state index is 13.4. The fraction of sp³-hybridized carbons (Fsp3) is 0.0714. The summed E-state index contributed by atoms with van der Waals surface area (Å²) in [4.78, 5) is 31.2. The third-order valence-corrected chi connectivity index (χ3v) is 6.68. The van der Waals surface area contributed by atoms with Crippen LogP contribution in [0.15, 0.2) is 99.2 Å². The molecular weight excluding hydrogens is 474 g/mol. The lowest BCUT2D eigenvalue weighted by atomic mass is 10.0. The van der Waals surface area contributed by atoms with Crippen LogP contribution in [0.5, 0.6) is 0 Å². The first-order chi connectivity index (χ1) is 17.4. The van der Waals surface area contributed by atoms with Crippen LogP contribution in [0.25, 0.3) is 17.4 Å². The number of hydrogen-bond donors (Lipinski definition) is 0. The molecule has 4 aromatic rings. The number of carbonyl (C=O) groups is 1. The number of carbonyl (C=O) groups excluding carboxylic acids is 1. The van der Waals surface area contributed by atoms with Crippen LogP contribution >= 0.6 is 11.8 Å². The van der Waals surface area contributed by atoms with Crippen LogP contribution in [0, 0.1) is 24.0 Å². The lowest BCUT2D eigenvalue weighted by molar-refractivity contribution is -0.385. The van der Waals surface area contributed by atoms with Gasteiger partial charge in [0.05, 0.1) is 21.2 Å². The second-order valence-electron chi connectivity index (χ2n) is 8.23. The zero-order chi connectivity index (χ0) is 25.2. The minimum atomic E-state index is -0.399. The van der Waals surface area contributed by atoms with Crippen LogP contribution in [0.2, 0.25) is 0 Å². The predicted octanol–water partition coefficient (Wildman–Crippen LogP) is 7.28. The van der Waals surface area contributed by atoms with Gasteiger partial charge in [-0.25, -0.2) is 4.99 Å². The van der Waals surface area contributed by atoms with Crippen LogP contribution in [-0.4, -0.2) is 16.0 Å². The molecule has 0 aliphatic carbocycles. The summed E-state index contributed by atoms with van der Waals surface area (Å²) >= 11 is 1.27. The van der Waals surface area contributed by atoms with Gasteiger partial charge in [0.1, 0.15) is 11.5 Å². The largest absolute Gasteiger partial charge is 0.457 e. The summed E-state index contributed by atoms with van der Waals surface area (Å²) in [7, 11) is 0. The SMILES string of the molecule is Cc1cc(C)c([N+](=O)[O-])cc1-c1ccc(/C=C2\SC(=Nc3ccccc3)N(c3ccccc3)C2=O)o1. The van der Waals surface area contributed by atoms with Crippen molar-refractivity contribution in [1.29, 1.82) is 0 Å². The van der Waals surface area contributed by atoms with E-state index in [0.717, 1.165) is 16.9 Å². The molecule has 0 radical (unpaired) electrons. The number of amidine groups is 1. The van der Waals surface area contributed by atoms with Crippen molar-refractivity contribution in [2.45, 2.75) is 13.8 Å². The van der Waals surface area contributed by atoms with Crippen LogP contribution in [0.1, 0.15) is 16.9 Å². The average molecular weight is 496 g/mol. The van der Waals surface area contributed by atoms with Gasteiger partial charge in [-0.3, -0.25) is 19.8 Å². The van der Waals surface area contributed by atoms with Crippen molar-refractivity contribution in [1.82, 2.24) is 0 Å². The number of hydrogen-bond acceptors (Lipinski definition) is 6. The lowest BCUT2D eigenvalue weighted by Gasteiger charge is -2.15. The van der Waals surface area contributed by atoms with E-state index in [1.807, 2.05) is 67.6 Å². The normalized spacial score (nSPS) is 15.7. The van der Waals surface area contributed by atoms with Crippen molar-refractivity contribution in [3.63, 3.8) is 0 Å². The number of amides is 1. The van der Waals surface area contributed by atoms with Gasteiger partial charge in [0.15, 0.2) is 5.17 Å². The van der Waals surface area contributed by atoms with E-state index in [4.69, 9.17) is 9.41 Å². The third-order valence-electron chi connectivity index (χ3n) is 5.71. The van der Waals surface area contributed by atoms with E-state index >= 15 is 0 Å². The first kappa shape index (κ1) is 23.3. The molecule has 5 rings (SSSR count). The number of aryl methyl sites for hydroxylation is 2. The molecule has 7 nitrogen and oxygen atoms in total. The van der Waals surface area contributed by atoms with E-state index in [1.54, 1.807) is 36.1 Å². The maximum absolute atomic E-state index is 13.4. The number of nitro groups is 1. The third kappa shape index (κ3) is 4.58. The van der Waals surface area contributed by atoms with Crippen LogP contribution in [-0.2, 0) is 4.79 Å². The number of benzene rings is 3. The molecule has 0 N–H and O–H groups in total. The number of para-hydroxylation sites is 2. The zero-order valence-electron chi connectivity index (χ0n) is 19.5. The van der Waals surface area contributed by atoms with Crippen molar-refractivity contribution in [3.8, 4) is 11.3 Å². The Morgan fingerprint density at radius 3 is 2.33 bits per heavy atom. The van der Waals surface area contributed by atoms with Gasteiger partial charge >= 0.3 is 0 Å². The van der Waals surface area contributed by atoms with Crippen molar-refractivity contribution in [3.05, 3.63) is 117 Å². The van der Waals surface area contributed by atoms with E-state index in [9.17, 15) is 14.9 Å². The highest BCUT2D eigenvalue weighted by Gasteiger charge is 2.35. The minimum absolute atomic E-state index is 0.0358. The minimum Gasteiger partial charge on any atom is -0.457 e. The molecule has 0 saturated carbocycles. The summed E-state index contributed by atoms with van der Waals surface area (Å²) in [5, 5.41) is 11.9. The van der Waals surface area contributed by atoms with Crippen molar-refractivity contribution >= 4 is 46.0 Å². The Bertz CT molecular complexity index is 1530. The molecule has 0 atom stereocenters. The van der Waals surface area contributed by atoms with Crippen LogP contribution < -0.4 is 4.90 Å². The first-order valence-corrected chi connectivity index (χ1v) is 12.0. The molecule has 1 aliphatic rings. The highest BCUT2D eigenvalue weighted by atomic mass is 32.2. The van der Waals surface area contributed by atoms with Gasteiger partial charge < -0.3 is 4.42 Å². The number of nitrogens with zero attached hydrogens (tertiary/aromatic N) is 3. The number of furan rings is 1. The van der Waals surface area contributed by atoms with E-state index < -0.39 is 4.92 Å². The molecule has 8 heteroatoms. The molecule has 0 bridgehead atoms. The Labute approximate surface area is 211 Å². The van der Waals surface area contributed by atoms with Crippen LogP contribution in [0.3, 0.4) is 0 Å². The highest BCUT2D eigenvalue weighted by molar-refractivity contribution is 8.19. The molecule has 0 unspecified atom stereocenters. The van der Waals surface area contributed by atoms with Gasteiger partial charge in [0.2, 0.25) is 0 Å². The average Bonchev–Trinajstić information content (AvgIpc) is 3.44. The summed E-state index contributed by atoms with van der Waals surface area (Å²) in [6, 6.07) is 25.6. The predicted molar refractivity (Wildman–Crippen MR) is 143 cm³/mol. The maximum Gasteiger partial charge on any atom is 0.273 e. The summed E-state index contributed by atoms with van der Waals surface area (Å²) in [5.74, 6) is 0.759. The van der Waals surface area contributed by atoms with Crippen molar-refractivity contribution in [2.75, 3.05) is 4.90 Å². The Balaban J connectivity index is 1.51. The van der Waals surface area contributed by atoms with E-state index in [2.05, 4.69) is 0 Å². The Kier molecular flexibility index (Phi) is 6.26. The molecule has 1 aromatic heterocycles. The second-order valence-corrected chi connectivity index (χ2v) is 9.24. The van der Waals surface area contributed by atoms with Gasteiger partial charge in [-0.1, -0.05) is 36.4 Å². The fourth-order valence-electron chi connectivity index (χ4n) is 3.97. The molecule has 3 aromatic carbocycles. The standard InChI is InChI=1S/C28H21N3O4S/c1-18-15-19(2)24(31(33)34)17-23(18)25-14-13-22(35-25)16-26-27(32)30(21-11-7-4-8-12-21)28(36-26)29-20-9-5-3-6-10-20/h3-17H,1-2H3/b26-16-,29-28?. The molecular formula is C28H21N3O4S. The number of anilines is 1. The van der Waals surface area contributed by atoms with Crippen molar-refractivity contribution < 1.29 is 14.1 Å². The summed E-state index contributed by atoms with van der Waals surface area (Å²) in [6.07, 6.45) is 1.68. The van der Waals surface area contributed by atoms with Crippen LogP contribution in [0.4, 0.5) is 17.1 Å². The number of nitro benzene ring substituents is 1. The summed E-state index contributed by atoms with van der Waals surface area (Å²) in [5.41, 5.74) is 3.59. The Morgan fingerprint density at radius 2 is 1.64 bits per heavy atom. The topological polar surface area (TPSA) is 89.0 Å². The monoisotopic (exact) mass is 495 g/mol. The molecule has 1 amide bonds. The first-order valence-electron chi connectivity index (χ1n) is 11.2. The summed E-state index contributed by atoms with van der Waals surface area (Å²) < 4.78 is 6.01. The van der Waals surface area contributed by atoms with Gasteiger partial charge in [-0.15, -0.1) is 0 Å². The van der Waals surface area contributed by atoms with Gasteiger partial charge in [-0.2, -0.15) is 0 Å². The van der Waals surface area contributed by atoms with Gasteiger partial charge in [-0.05, 0) is 73.6 Å². The number of aliphatic imine (C=N–C) groups is 1. The van der Waals surface area contributed by atoms with Crippen molar-refractivity contribution in [2.24, 2.45) is 4.99 Å². The van der Waals surface area contributed by atoms with Gasteiger partial charge in [0.25, 0.3) is 11.6 Å². The molecule has 2 heterocycles. The number of thioether (sulfide) groups is 1. The van der Waals surface area contributed by atoms with Gasteiger partial charge in [0, 0.05) is 23.3 Å². The summed E-state index contributed by atoms with van der Waals surface area (Å²) in [6.45, 7) is 3.59. The molecule has 36 heavy (non-hydrogen) atoms. The molecule has 1 fully saturated rings. The highest BCUT2D eigenvalue weighted by Crippen LogP contribution is 2.38. The molecule has 178 valence electrons. The fourth-order valence-corrected chi connectivity index (χ4v) is 4.95. The quantitative estimate of drug-likeness (QED) is 0.165. The lowest BCUT2D eigenvalue weighted by Crippen LogP contribution is -2.28. The molecule has 1 saturated heterocycles. The van der Waals surface area contributed by atoms with E-state index in [0.29, 0.717) is 32.7 Å². The smallest absolute Gasteiger partial charge is 0.273 e. The molecule has 0 spiro atoms. The number of rotatable bonds is 5. The Morgan fingerprint density at radius 1 is 0.944 bits per heavy atom.